The number of anilines is 1. The summed E-state index contributed by atoms with van der Waals surface area (Å²) in [4.78, 5) is 37.4. The van der Waals surface area contributed by atoms with Gasteiger partial charge < -0.3 is 14.4 Å². The van der Waals surface area contributed by atoms with Crippen LogP contribution in [-0.2, 0) is 10.0 Å². The molecule has 2 heterocycles. The zero-order chi connectivity index (χ0) is 22.3. The fourth-order valence-electron chi connectivity index (χ4n) is 2.21. The fraction of sp³-hybridized carbons (Fsp3) is 0.353. The summed E-state index contributed by atoms with van der Waals surface area (Å²) in [5.41, 5.74) is -0.184. The number of nitrogens with one attached hydrogen (secondary N) is 2. The molecule has 0 radical (unpaired) electrons. The quantitative estimate of drug-likeness (QED) is 0.611. The maximum Gasteiger partial charge on any atom is 0.335 e. The monoisotopic (exact) mass is 438 g/mol. The summed E-state index contributed by atoms with van der Waals surface area (Å²) in [6.07, 6.45) is 1.20. The van der Waals surface area contributed by atoms with E-state index in [2.05, 4.69) is 20.3 Å². The van der Waals surface area contributed by atoms with Gasteiger partial charge in [-0.1, -0.05) is 0 Å². The lowest BCUT2D eigenvalue weighted by Crippen LogP contribution is -2.36. The predicted octanol–water partition coefficient (Wildman–Crippen LogP) is 0.881. The van der Waals surface area contributed by atoms with E-state index in [4.69, 9.17) is 9.47 Å². The highest BCUT2D eigenvalue weighted by atomic mass is 32.2. The summed E-state index contributed by atoms with van der Waals surface area (Å²) in [6, 6.07) is 2.99. The number of urea groups is 1. The lowest BCUT2D eigenvalue weighted by molar-refractivity contribution is 0.0823. The molecule has 2 aromatic rings. The highest BCUT2D eigenvalue weighted by molar-refractivity contribution is 7.90. The first-order valence-corrected chi connectivity index (χ1v) is 10.3. The first-order chi connectivity index (χ1) is 14.2. The van der Waals surface area contributed by atoms with Gasteiger partial charge in [-0.3, -0.25) is 10.1 Å². The zero-order valence-electron chi connectivity index (χ0n) is 16.9. The van der Waals surface area contributed by atoms with Gasteiger partial charge in [-0.15, -0.1) is 0 Å². The van der Waals surface area contributed by atoms with Crippen molar-refractivity contribution in [1.29, 1.82) is 0 Å². The number of sulfonamides is 1. The Morgan fingerprint density at radius 3 is 2.23 bits per heavy atom. The minimum absolute atomic E-state index is 0.137. The molecular weight excluding hydrogens is 416 g/mol. The van der Waals surface area contributed by atoms with E-state index in [1.54, 1.807) is 18.6 Å². The molecule has 12 nitrogen and oxygen atoms in total. The number of nitrogens with zero attached hydrogens (tertiary/aromatic N) is 4. The SMILES string of the molecule is CCOc1cc(OCC)nc(NC(=O)NS(=O)(=O)c2ncccc2C(=O)N(C)C)n1. The standard InChI is InChI=1S/C17H22N6O6S/c1-5-28-12-10-13(29-6-2)20-16(19-12)21-17(25)22-30(26,27)14-11(8-7-9-18-14)15(24)23(3)4/h7-10H,5-6H2,1-4H3,(H2,19,20,21,22,25). The highest BCUT2D eigenvalue weighted by Crippen LogP contribution is 2.19. The second-order valence-electron chi connectivity index (χ2n) is 5.85. The Labute approximate surface area is 173 Å². The maximum atomic E-state index is 12.6. The summed E-state index contributed by atoms with van der Waals surface area (Å²) in [5, 5.41) is 1.62. The lowest BCUT2D eigenvalue weighted by atomic mass is 10.2. The molecule has 0 spiro atoms. The molecule has 3 amide bonds. The number of hydrogen-bond donors (Lipinski definition) is 2. The van der Waals surface area contributed by atoms with Crippen molar-refractivity contribution < 1.29 is 27.5 Å². The molecule has 2 N–H and O–H groups in total. The van der Waals surface area contributed by atoms with Gasteiger partial charge in [-0.2, -0.15) is 18.4 Å². The normalized spacial score (nSPS) is 10.8. The summed E-state index contributed by atoms with van der Waals surface area (Å²) in [6.45, 7) is 4.11. The van der Waals surface area contributed by atoms with Crippen LogP contribution in [0, 0.1) is 0 Å². The van der Waals surface area contributed by atoms with Crippen molar-refractivity contribution in [3.05, 3.63) is 30.0 Å². The lowest BCUT2D eigenvalue weighted by Gasteiger charge is -2.14. The summed E-state index contributed by atoms with van der Waals surface area (Å²) in [7, 11) is -1.54. The van der Waals surface area contributed by atoms with Crippen LogP contribution in [0.1, 0.15) is 24.2 Å². The first kappa shape index (κ1) is 22.8. The van der Waals surface area contributed by atoms with Crippen LogP contribution in [0.5, 0.6) is 11.8 Å². The molecule has 0 atom stereocenters. The number of carbonyl (C=O) groups is 2. The van der Waals surface area contributed by atoms with Crippen LogP contribution in [0.3, 0.4) is 0 Å². The van der Waals surface area contributed by atoms with Crippen LogP contribution in [0.2, 0.25) is 0 Å². The Bertz CT molecular complexity index is 1000. The molecule has 0 aliphatic heterocycles. The Morgan fingerprint density at radius 1 is 1.10 bits per heavy atom. The zero-order valence-corrected chi connectivity index (χ0v) is 17.7. The van der Waals surface area contributed by atoms with Crippen molar-refractivity contribution in [3.63, 3.8) is 0 Å². The van der Waals surface area contributed by atoms with E-state index < -0.39 is 27.0 Å². The molecule has 162 valence electrons. The molecule has 30 heavy (non-hydrogen) atoms. The predicted molar refractivity (Wildman–Crippen MR) is 106 cm³/mol. The van der Waals surface area contributed by atoms with E-state index in [-0.39, 0.29) is 23.3 Å². The molecule has 0 unspecified atom stereocenters. The van der Waals surface area contributed by atoms with Crippen molar-refractivity contribution >= 4 is 27.9 Å². The van der Waals surface area contributed by atoms with Crippen LogP contribution >= 0.6 is 0 Å². The smallest absolute Gasteiger partial charge is 0.335 e. The van der Waals surface area contributed by atoms with Gasteiger partial charge in [0.1, 0.15) is 0 Å². The average molecular weight is 438 g/mol. The average Bonchev–Trinajstić information content (AvgIpc) is 2.67. The van der Waals surface area contributed by atoms with Gasteiger partial charge in [-0.05, 0) is 26.0 Å². The molecule has 13 heteroatoms. The molecule has 0 bridgehead atoms. The molecule has 0 fully saturated rings. The van der Waals surface area contributed by atoms with Crippen LogP contribution in [0.25, 0.3) is 0 Å². The van der Waals surface area contributed by atoms with Crippen molar-refractivity contribution in [3.8, 4) is 11.8 Å². The van der Waals surface area contributed by atoms with Gasteiger partial charge in [-0.25, -0.2) is 14.5 Å². The number of amides is 3. The largest absolute Gasteiger partial charge is 0.478 e. The second-order valence-corrected chi connectivity index (χ2v) is 7.45. The first-order valence-electron chi connectivity index (χ1n) is 8.83. The van der Waals surface area contributed by atoms with Crippen molar-refractivity contribution in [2.75, 3.05) is 32.6 Å². The number of carbonyl (C=O) groups excluding carboxylic acids is 2. The summed E-state index contributed by atoms with van der Waals surface area (Å²) < 4.78 is 37.6. The van der Waals surface area contributed by atoms with Crippen LogP contribution in [0.15, 0.2) is 29.4 Å². The third-order valence-electron chi connectivity index (χ3n) is 3.38. The van der Waals surface area contributed by atoms with Crippen LogP contribution in [0.4, 0.5) is 10.7 Å². The maximum absolute atomic E-state index is 12.6. The van der Waals surface area contributed by atoms with E-state index in [0.29, 0.717) is 13.2 Å². The van der Waals surface area contributed by atoms with Gasteiger partial charge >= 0.3 is 6.03 Å². The topological polar surface area (TPSA) is 153 Å². The fourth-order valence-corrected chi connectivity index (χ4v) is 3.25. The number of rotatable bonds is 8. The molecular formula is C17H22N6O6S. The highest BCUT2D eigenvalue weighted by Gasteiger charge is 2.27. The van der Waals surface area contributed by atoms with Gasteiger partial charge in [0, 0.05) is 20.3 Å². The van der Waals surface area contributed by atoms with E-state index in [1.807, 2.05) is 0 Å². The second kappa shape index (κ2) is 9.82. The summed E-state index contributed by atoms with van der Waals surface area (Å²) >= 11 is 0. The minimum Gasteiger partial charge on any atom is -0.478 e. The van der Waals surface area contributed by atoms with Crippen LogP contribution < -0.4 is 19.5 Å². The van der Waals surface area contributed by atoms with Crippen LogP contribution in [-0.4, -0.2) is 67.5 Å². The summed E-state index contributed by atoms with van der Waals surface area (Å²) in [5.74, 6) is -0.545. The molecule has 0 aromatic carbocycles. The Morgan fingerprint density at radius 2 is 1.70 bits per heavy atom. The molecule has 2 rings (SSSR count). The van der Waals surface area contributed by atoms with E-state index >= 15 is 0 Å². The van der Waals surface area contributed by atoms with Gasteiger partial charge in [0.2, 0.25) is 17.7 Å². The Kier molecular flexibility index (Phi) is 7.47. The Hall–Kier alpha value is -3.48. The van der Waals surface area contributed by atoms with Gasteiger partial charge in [0.05, 0.1) is 24.8 Å². The molecule has 0 saturated heterocycles. The minimum atomic E-state index is -4.47. The molecule has 2 aromatic heterocycles. The molecule has 0 saturated carbocycles. The number of ether oxygens (including phenoxy) is 2. The number of hydrogen-bond acceptors (Lipinski definition) is 9. The molecule has 0 aliphatic rings. The van der Waals surface area contributed by atoms with E-state index in [9.17, 15) is 18.0 Å². The van der Waals surface area contributed by atoms with Crippen molar-refractivity contribution in [2.45, 2.75) is 18.9 Å². The Balaban J connectivity index is 2.25. The van der Waals surface area contributed by atoms with E-state index in [0.717, 1.165) is 0 Å². The van der Waals surface area contributed by atoms with Gasteiger partial charge in [0.15, 0.2) is 5.03 Å². The number of pyridine rings is 1. The van der Waals surface area contributed by atoms with E-state index in [1.165, 1.54) is 43.4 Å². The third kappa shape index (κ3) is 5.76. The van der Waals surface area contributed by atoms with Crippen molar-refractivity contribution in [1.82, 2.24) is 24.6 Å². The van der Waals surface area contributed by atoms with Gasteiger partial charge in [0.25, 0.3) is 15.9 Å². The van der Waals surface area contributed by atoms with Crippen molar-refractivity contribution in [2.24, 2.45) is 0 Å². The number of aromatic nitrogens is 3. The third-order valence-corrected chi connectivity index (χ3v) is 4.67. The molecule has 0 aliphatic carbocycles.